The molecule has 2 aromatic rings. The van der Waals surface area contributed by atoms with Gasteiger partial charge in [-0.25, -0.2) is 8.78 Å². The van der Waals surface area contributed by atoms with Crippen molar-refractivity contribution < 1.29 is 13.5 Å². The van der Waals surface area contributed by atoms with Crippen molar-refractivity contribution >= 4 is 11.6 Å². The smallest absolute Gasteiger partial charge is 0.128 e. The van der Waals surface area contributed by atoms with Gasteiger partial charge in [-0.05, 0) is 48.9 Å². The lowest BCUT2D eigenvalue weighted by Gasteiger charge is -2.19. The first-order chi connectivity index (χ1) is 10.1. The predicted octanol–water partition coefficient (Wildman–Crippen LogP) is 3.91. The van der Waals surface area contributed by atoms with E-state index in [-0.39, 0.29) is 18.3 Å². The maximum atomic E-state index is 14.0. The highest BCUT2D eigenvalue weighted by molar-refractivity contribution is 6.31. The van der Waals surface area contributed by atoms with Gasteiger partial charge in [0.05, 0.1) is 7.11 Å². The zero-order valence-electron chi connectivity index (χ0n) is 11.6. The fraction of sp³-hybridized carbons (Fsp3) is 0.250. The number of hydrogen-bond donors (Lipinski definition) is 1. The van der Waals surface area contributed by atoms with E-state index in [4.69, 9.17) is 22.1 Å². The van der Waals surface area contributed by atoms with Gasteiger partial charge < -0.3 is 10.5 Å². The summed E-state index contributed by atoms with van der Waals surface area (Å²) < 4.78 is 32.6. The molecule has 2 rings (SSSR count). The van der Waals surface area contributed by atoms with E-state index in [0.717, 1.165) is 0 Å². The molecular formula is C16H16ClF2NO. The van der Waals surface area contributed by atoms with Crippen molar-refractivity contribution in [2.24, 2.45) is 5.73 Å². The normalized spacial score (nSPS) is 12.2. The van der Waals surface area contributed by atoms with Gasteiger partial charge in [-0.3, -0.25) is 0 Å². The Morgan fingerprint density at radius 3 is 2.62 bits per heavy atom. The summed E-state index contributed by atoms with van der Waals surface area (Å²) in [6, 6.07) is 8.73. The summed E-state index contributed by atoms with van der Waals surface area (Å²) in [5.74, 6) is -0.591. The van der Waals surface area contributed by atoms with Gasteiger partial charge in [0, 0.05) is 16.5 Å². The second-order valence-corrected chi connectivity index (χ2v) is 5.14. The molecule has 0 aliphatic heterocycles. The standard InChI is InChI=1S/C16H16ClF2NO/c1-21-15-6-5-12(18)8-10(15)7-11(9-20)16-13(17)3-2-4-14(16)19/h2-6,8,11H,7,9,20H2,1H3. The summed E-state index contributed by atoms with van der Waals surface area (Å²) in [5.41, 5.74) is 6.75. The molecule has 5 heteroatoms. The van der Waals surface area contributed by atoms with Crippen molar-refractivity contribution in [1.82, 2.24) is 0 Å². The molecule has 0 amide bonds. The maximum absolute atomic E-state index is 14.0. The van der Waals surface area contributed by atoms with Gasteiger partial charge in [-0.1, -0.05) is 17.7 Å². The Morgan fingerprint density at radius 1 is 1.24 bits per heavy atom. The molecule has 0 spiro atoms. The van der Waals surface area contributed by atoms with Crippen LogP contribution in [0.1, 0.15) is 17.0 Å². The van der Waals surface area contributed by atoms with Crippen molar-refractivity contribution in [3.05, 3.63) is 64.2 Å². The molecule has 112 valence electrons. The molecule has 0 saturated heterocycles. The third-order valence-electron chi connectivity index (χ3n) is 3.40. The lowest BCUT2D eigenvalue weighted by molar-refractivity contribution is 0.406. The number of benzene rings is 2. The molecule has 0 heterocycles. The second kappa shape index (κ2) is 6.87. The molecule has 2 N–H and O–H groups in total. The lowest BCUT2D eigenvalue weighted by Crippen LogP contribution is -2.17. The Labute approximate surface area is 127 Å². The first kappa shape index (κ1) is 15.7. The van der Waals surface area contributed by atoms with Crippen LogP contribution in [0.2, 0.25) is 5.02 Å². The van der Waals surface area contributed by atoms with Crippen LogP contribution in [0.25, 0.3) is 0 Å². The van der Waals surface area contributed by atoms with Crippen molar-refractivity contribution in [3.8, 4) is 5.75 Å². The lowest BCUT2D eigenvalue weighted by atomic mass is 9.91. The average Bonchev–Trinajstić information content (AvgIpc) is 2.46. The molecule has 2 nitrogen and oxygen atoms in total. The molecule has 0 bridgehead atoms. The van der Waals surface area contributed by atoms with Crippen molar-refractivity contribution in [1.29, 1.82) is 0 Å². The average molecular weight is 312 g/mol. The maximum Gasteiger partial charge on any atom is 0.128 e. The van der Waals surface area contributed by atoms with Gasteiger partial charge in [-0.2, -0.15) is 0 Å². The van der Waals surface area contributed by atoms with Crippen LogP contribution in [-0.4, -0.2) is 13.7 Å². The molecule has 1 unspecified atom stereocenters. The minimum atomic E-state index is -0.409. The first-order valence-electron chi connectivity index (χ1n) is 6.53. The SMILES string of the molecule is COc1ccc(F)cc1CC(CN)c1c(F)cccc1Cl. The molecule has 0 aliphatic rings. The van der Waals surface area contributed by atoms with Crippen molar-refractivity contribution in [3.63, 3.8) is 0 Å². The highest BCUT2D eigenvalue weighted by Crippen LogP contribution is 2.32. The number of halogens is 3. The van der Waals surface area contributed by atoms with Crippen molar-refractivity contribution in [2.75, 3.05) is 13.7 Å². The summed E-state index contributed by atoms with van der Waals surface area (Å²) in [6.07, 6.45) is 0.345. The van der Waals surface area contributed by atoms with E-state index in [1.165, 1.54) is 31.4 Å². The summed E-state index contributed by atoms with van der Waals surface area (Å²) in [5, 5.41) is 0.320. The molecule has 21 heavy (non-hydrogen) atoms. The zero-order valence-corrected chi connectivity index (χ0v) is 12.3. The van der Waals surface area contributed by atoms with Crippen LogP contribution in [0, 0.1) is 11.6 Å². The Bertz CT molecular complexity index is 613. The summed E-state index contributed by atoms with van der Waals surface area (Å²) in [6.45, 7) is 0.195. The number of ether oxygens (including phenoxy) is 1. The highest BCUT2D eigenvalue weighted by Gasteiger charge is 2.20. The van der Waals surface area contributed by atoms with Crippen LogP contribution in [0.4, 0.5) is 8.78 Å². The van der Waals surface area contributed by atoms with Crippen molar-refractivity contribution in [2.45, 2.75) is 12.3 Å². The number of hydrogen-bond acceptors (Lipinski definition) is 2. The fourth-order valence-corrected chi connectivity index (χ4v) is 2.69. The van der Waals surface area contributed by atoms with Gasteiger partial charge in [0.15, 0.2) is 0 Å². The van der Waals surface area contributed by atoms with Gasteiger partial charge in [0.2, 0.25) is 0 Å². The van der Waals surface area contributed by atoms with Gasteiger partial charge in [-0.15, -0.1) is 0 Å². The second-order valence-electron chi connectivity index (χ2n) is 4.73. The first-order valence-corrected chi connectivity index (χ1v) is 6.91. The van der Waals surface area contributed by atoms with E-state index in [9.17, 15) is 8.78 Å². The van der Waals surface area contributed by atoms with E-state index in [1.54, 1.807) is 12.1 Å². The number of rotatable bonds is 5. The molecular weight excluding hydrogens is 296 g/mol. The minimum absolute atomic E-state index is 0.195. The third kappa shape index (κ3) is 3.52. The van der Waals surface area contributed by atoms with Gasteiger partial charge >= 0.3 is 0 Å². The highest BCUT2D eigenvalue weighted by atomic mass is 35.5. The fourth-order valence-electron chi connectivity index (χ4n) is 2.38. The monoisotopic (exact) mass is 311 g/mol. The predicted molar refractivity (Wildman–Crippen MR) is 79.9 cm³/mol. The number of methoxy groups -OCH3 is 1. The Kier molecular flexibility index (Phi) is 5.15. The molecule has 0 saturated carbocycles. The van der Waals surface area contributed by atoms with E-state index in [0.29, 0.717) is 28.3 Å². The van der Waals surface area contributed by atoms with Crippen LogP contribution in [0.5, 0.6) is 5.75 Å². The summed E-state index contributed by atoms with van der Waals surface area (Å²) in [4.78, 5) is 0. The summed E-state index contributed by atoms with van der Waals surface area (Å²) in [7, 11) is 1.50. The minimum Gasteiger partial charge on any atom is -0.496 e. The topological polar surface area (TPSA) is 35.2 Å². The van der Waals surface area contributed by atoms with Crippen LogP contribution in [0.3, 0.4) is 0 Å². The molecule has 1 atom stereocenters. The molecule has 2 aromatic carbocycles. The molecule has 0 radical (unpaired) electrons. The Hall–Kier alpha value is -1.65. The van der Waals surface area contributed by atoms with E-state index >= 15 is 0 Å². The zero-order chi connectivity index (χ0) is 15.4. The molecule has 0 aliphatic carbocycles. The quantitative estimate of drug-likeness (QED) is 0.908. The van der Waals surface area contributed by atoms with E-state index in [2.05, 4.69) is 0 Å². The van der Waals surface area contributed by atoms with E-state index < -0.39 is 5.82 Å². The molecule has 0 fully saturated rings. The van der Waals surface area contributed by atoms with Crippen LogP contribution in [0.15, 0.2) is 36.4 Å². The van der Waals surface area contributed by atoms with Crippen LogP contribution >= 0.6 is 11.6 Å². The third-order valence-corrected chi connectivity index (χ3v) is 3.73. The molecule has 0 aromatic heterocycles. The van der Waals surface area contributed by atoms with Gasteiger partial charge in [0.25, 0.3) is 0 Å². The Balaban J connectivity index is 2.38. The Morgan fingerprint density at radius 2 is 2.00 bits per heavy atom. The van der Waals surface area contributed by atoms with E-state index in [1.807, 2.05) is 0 Å². The van der Waals surface area contributed by atoms with Gasteiger partial charge in [0.1, 0.15) is 17.4 Å². The van der Waals surface area contributed by atoms with Crippen LogP contribution in [-0.2, 0) is 6.42 Å². The summed E-state index contributed by atoms with van der Waals surface area (Å²) >= 11 is 6.07. The number of nitrogens with two attached hydrogens (primary N) is 1. The largest absolute Gasteiger partial charge is 0.496 e. The van der Waals surface area contributed by atoms with Crippen LogP contribution < -0.4 is 10.5 Å².